The molecule has 0 N–H and O–H groups in total. The average Bonchev–Trinajstić information content (AvgIpc) is 2.06. The van der Waals surface area contributed by atoms with Crippen molar-refractivity contribution >= 4 is 0 Å². The van der Waals surface area contributed by atoms with Gasteiger partial charge in [0.2, 0.25) is 0 Å². The summed E-state index contributed by atoms with van der Waals surface area (Å²) in [5.74, 6) is 0.598. The van der Waals surface area contributed by atoms with E-state index in [2.05, 4.69) is 20.8 Å². The van der Waals surface area contributed by atoms with E-state index in [0.717, 1.165) is 32.7 Å². The van der Waals surface area contributed by atoms with Crippen molar-refractivity contribution in [2.75, 3.05) is 19.8 Å². The molecule has 0 amide bonds. The molecule has 0 aromatic carbocycles. The molecule has 0 aromatic heterocycles. The first-order valence-electron chi connectivity index (χ1n) is 4.93. The van der Waals surface area contributed by atoms with Crippen LogP contribution in [0.5, 0.6) is 0 Å². The van der Waals surface area contributed by atoms with Gasteiger partial charge in [-0.1, -0.05) is 13.8 Å². The minimum atomic E-state index is 0.104. The Morgan fingerprint density at radius 3 is 2.33 bits per heavy atom. The van der Waals surface area contributed by atoms with E-state index in [1.54, 1.807) is 0 Å². The van der Waals surface area contributed by atoms with Crippen LogP contribution in [0.3, 0.4) is 0 Å². The van der Waals surface area contributed by atoms with Crippen LogP contribution in [-0.4, -0.2) is 25.4 Å². The monoisotopic (exact) mass is 172 g/mol. The van der Waals surface area contributed by atoms with Gasteiger partial charge in [-0.2, -0.15) is 0 Å². The lowest BCUT2D eigenvalue weighted by Gasteiger charge is -2.40. The number of hydrogen-bond acceptors (Lipinski definition) is 2. The smallest absolute Gasteiger partial charge is 0.0748 e. The lowest BCUT2D eigenvalue weighted by Crippen LogP contribution is -2.43. The molecular formula is C10H20O2. The van der Waals surface area contributed by atoms with Crippen molar-refractivity contribution in [2.45, 2.75) is 39.2 Å². The molecule has 0 spiro atoms. The molecule has 1 heterocycles. The third-order valence-electron chi connectivity index (χ3n) is 2.82. The van der Waals surface area contributed by atoms with E-state index in [-0.39, 0.29) is 5.60 Å². The molecule has 1 rings (SSSR count). The molecule has 1 aliphatic heterocycles. The van der Waals surface area contributed by atoms with Gasteiger partial charge in [-0.15, -0.1) is 0 Å². The van der Waals surface area contributed by atoms with E-state index in [1.165, 1.54) is 0 Å². The Hall–Kier alpha value is -0.0800. The Bertz CT molecular complexity index is 120. The normalized spacial score (nSPS) is 23.0. The number of hydrogen-bond donors (Lipinski definition) is 0. The van der Waals surface area contributed by atoms with Crippen molar-refractivity contribution in [3.05, 3.63) is 0 Å². The molecule has 0 unspecified atom stereocenters. The second-order valence-electron chi connectivity index (χ2n) is 3.76. The van der Waals surface area contributed by atoms with Gasteiger partial charge in [0, 0.05) is 32.7 Å². The van der Waals surface area contributed by atoms with Gasteiger partial charge in [-0.3, -0.25) is 0 Å². The van der Waals surface area contributed by atoms with E-state index in [9.17, 15) is 0 Å². The Kier molecular flexibility index (Phi) is 3.53. The van der Waals surface area contributed by atoms with Crippen LogP contribution in [0.25, 0.3) is 0 Å². The first-order chi connectivity index (χ1) is 5.71. The summed E-state index contributed by atoms with van der Waals surface area (Å²) in [4.78, 5) is 0. The van der Waals surface area contributed by atoms with E-state index in [4.69, 9.17) is 9.47 Å². The van der Waals surface area contributed by atoms with Gasteiger partial charge in [-0.05, 0) is 12.8 Å². The summed E-state index contributed by atoms with van der Waals surface area (Å²) in [6.07, 6.45) is 2.11. The molecule has 1 aliphatic rings. The van der Waals surface area contributed by atoms with E-state index in [0.29, 0.717) is 5.92 Å². The Labute approximate surface area is 75.2 Å². The summed E-state index contributed by atoms with van der Waals surface area (Å²) < 4.78 is 11.2. The van der Waals surface area contributed by atoms with Crippen molar-refractivity contribution in [3.8, 4) is 0 Å². The van der Waals surface area contributed by atoms with Crippen LogP contribution in [0.15, 0.2) is 0 Å². The molecule has 12 heavy (non-hydrogen) atoms. The zero-order valence-corrected chi connectivity index (χ0v) is 8.43. The molecule has 1 saturated heterocycles. The van der Waals surface area contributed by atoms with Crippen molar-refractivity contribution in [3.63, 3.8) is 0 Å². The highest BCUT2D eigenvalue weighted by Crippen LogP contribution is 2.32. The molecule has 2 heteroatoms. The zero-order valence-electron chi connectivity index (χ0n) is 8.43. The van der Waals surface area contributed by atoms with Gasteiger partial charge in [0.05, 0.1) is 5.60 Å². The van der Waals surface area contributed by atoms with E-state index in [1.807, 2.05) is 0 Å². The SMILES string of the molecule is CCOC1(C(C)C)CCOCC1. The van der Waals surface area contributed by atoms with Gasteiger partial charge < -0.3 is 9.47 Å². The Morgan fingerprint density at radius 2 is 1.92 bits per heavy atom. The topological polar surface area (TPSA) is 18.5 Å². The third-order valence-corrected chi connectivity index (χ3v) is 2.82. The van der Waals surface area contributed by atoms with Crippen LogP contribution in [0.2, 0.25) is 0 Å². The van der Waals surface area contributed by atoms with Gasteiger partial charge >= 0.3 is 0 Å². The number of rotatable bonds is 3. The third kappa shape index (κ3) is 1.99. The highest BCUT2D eigenvalue weighted by molar-refractivity contribution is 4.86. The molecule has 0 atom stereocenters. The summed E-state index contributed by atoms with van der Waals surface area (Å²) in [6.45, 7) is 9.08. The fourth-order valence-corrected chi connectivity index (χ4v) is 1.89. The first kappa shape index (κ1) is 10.0. The molecule has 0 aliphatic carbocycles. The standard InChI is InChI=1S/C10H20O2/c1-4-12-10(9(2)3)5-7-11-8-6-10/h9H,4-8H2,1-3H3. The largest absolute Gasteiger partial charge is 0.381 e. The average molecular weight is 172 g/mol. The van der Waals surface area contributed by atoms with Crippen molar-refractivity contribution < 1.29 is 9.47 Å². The van der Waals surface area contributed by atoms with E-state index < -0.39 is 0 Å². The molecule has 0 bridgehead atoms. The highest BCUT2D eigenvalue weighted by atomic mass is 16.5. The van der Waals surface area contributed by atoms with Gasteiger partial charge in [0.25, 0.3) is 0 Å². The van der Waals surface area contributed by atoms with Crippen molar-refractivity contribution in [1.82, 2.24) is 0 Å². The van der Waals surface area contributed by atoms with Gasteiger partial charge in [0.1, 0.15) is 0 Å². The minimum Gasteiger partial charge on any atom is -0.381 e. The minimum absolute atomic E-state index is 0.104. The highest BCUT2D eigenvalue weighted by Gasteiger charge is 2.36. The fraction of sp³-hybridized carbons (Fsp3) is 1.00. The second kappa shape index (κ2) is 4.24. The van der Waals surface area contributed by atoms with Gasteiger partial charge in [-0.25, -0.2) is 0 Å². The molecule has 0 saturated carbocycles. The van der Waals surface area contributed by atoms with Crippen molar-refractivity contribution in [1.29, 1.82) is 0 Å². The predicted molar refractivity (Wildman–Crippen MR) is 49.2 cm³/mol. The summed E-state index contributed by atoms with van der Waals surface area (Å²) in [5.41, 5.74) is 0.104. The van der Waals surface area contributed by atoms with Crippen LogP contribution < -0.4 is 0 Å². The Balaban J connectivity index is 2.56. The maximum Gasteiger partial charge on any atom is 0.0748 e. The molecular weight excluding hydrogens is 152 g/mol. The van der Waals surface area contributed by atoms with Crippen LogP contribution in [0, 0.1) is 5.92 Å². The number of ether oxygens (including phenoxy) is 2. The first-order valence-corrected chi connectivity index (χ1v) is 4.93. The van der Waals surface area contributed by atoms with Crippen LogP contribution in [-0.2, 0) is 9.47 Å². The molecule has 1 fully saturated rings. The lowest BCUT2D eigenvalue weighted by molar-refractivity contribution is -0.132. The molecule has 0 aromatic rings. The molecule has 72 valence electrons. The Morgan fingerprint density at radius 1 is 1.33 bits per heavy atom. The van der Waals surface area contributed by atoms with Gasteiger partial charge in [0.15, 0.2) is 0 Å². The van der Waals surface area contributed by atoms with Crippen molar-refractivity contribution in [2.24, 2.45) is 5.92 Å². The predicted octanol–water partition coefficient (Wildman–Crippen LogP) is 2.23. The van der Waals surface area contributed by atoms with Crippen LogP contribution in [0.4, 0.5) is 0 Å². The summed E-state index contributed by atoms with van der Waals surface area (Å²) in [7, 11) is 0. The second-order valence-corrected chi connectivity index (χ2v) is 3.76. The zero-order chi connectivity index (χ0) is 9.03. The summed E-state index contributed by atoms with van der Waals surface area (Å²) in [6, 6.07) is 0. The lowest BCUT2D eigenvalue weighted by atomic mass is 9.83. The fourth-order valence-electron chi connectivity index (χ4n) is 1.89. The maximum absolute atomic E-state index is 5.85. The summed E-state index contributed by atoms with van der Waals surface area (Å²) in [5, 5.41) is 0. The molecule has 0 radical (unpaired) electrons. The summed E-state index contributed by atoms with van der Waals surface area (Å²) >= 11 is 0. The maximum atomic E-state index is 5.85. The van der Waals surface area contributed by atoms with Crippen LogP contribution in [0.1, 0.15) is 33.6 Å². The van der Waals surface area contributed by atoms with E-state index >= 15 is 0 Å². The van der Waals surface area contributed by atoms with Crippen LogP contribution >= 0.6 is 0 Å². The quantitative estimate of drug-likeness (QED) is 0.650. The molecule has 2 nitrogen and oxygen atoms in total.